The van der Waals surface area contributed by atoms with E-state index in [1.54, 1.807) is 11.3 Å². The summed E-state index contributed by atoms with van der Waals surface area (Å²) in [4.78, 5) is 4.82. The molecule has 21 heavy (non-hydrogen) atoms. The van der Waals surface area contributed by atoms with Crippen molar-refractivity contribution >= 4 is 49.1 Å². The molecular formula is C17H17ClN2S. The highest BCUT2D eigenvalue weighted by Gasteiger charge is 2.16. The molecule has 2 aromatic carbocycles. The Morgan fingerprint density at radius 2 is 1.86 bits per heavy atom. The van der Waals surface area contributed by atoms with E-state index in [1.807, 2.05) is 18.2 Å². The monoisotopic (exact) mass is 316 g/mol. The summed E-state index contributed by atoms with van der Waals surface area (Å²) in [5.41, 5.74) is 1.07. The largest absolute Gasteiger partial charge is 0.359 e. The van der Waals surface area contributed by atoms with Gasteiger partial charge in [0.2, 0.25) is 0 Å². The number of hydrogen-bond donors (Lipinski definition) is 1. The van der Waals surface area contributed by atoms with Gasteiger partial charge in [-0.25, -0.2) is 4.98 Å². The van der Waals surface area contributed by atoms with E-state index >= 15 is 0 Å². The predicted octanol–water partition coefficient (Wildman–Crippen LogP) is 5.85. The van der Waals surface area contributed by atoms with Gasteiger partial charge in [-0.1, -0.05) is 66.5 Å². The molecule has 0 aliphatic heterocycles. The number of halogens is 1. The molecule has 1 fully saturated rings. The third kappa shape index (κ3) is 2.49. The van der Waals surface area contributed by atoms with Gasteiger partial charge in [0.05, 0.1) is 10.2 Å². The predicted molar refractivity (Wildman–Crippen MR) is 92.6 cm³/mol. The zero-order valence-electron chi connectivity index (χ0n) is 11.7. The summed E-state index contributed by atoms with van der Waals surface area (Å²) in [5, 5.41) is 7.69. The lowest BCUT2D eigenvalue weighted by molar-refractivity contribution is 0.462. The van der Waals surface area contributed by atoms with E-state index in [0.717, 1.165) is 31.1 Å². The minimum Gasteiger partial charge on any atom is -0.359 e. The van der Waals surface area contributed by atoms with Crippen molar-refractivity contribution in [2.45, 2.75) is 38.1 Å². The van der Waals surface area contributed by atoms with Gasteiger partial charge in [-0.2, -0.15) is 0 Å². The first-order valence-corrected chi connectivity index (χ1v) is 8.75. The van der Waals surface area contributed by atoms with Gasteiger partial charge in [-0.15, -0.1) is 0 Å². The van der Waals surface area contributed by atoms with Crippen LogP contribution in [0.4, 0.5) is 5.13 Å². The minimum absolute atomic E-state index is 0.584. The Labute approximate surface area is 133 Å². The number of fused-ring (bicyclic) bond motifs is 3. The highest BCUT2D eigenvalue weighted by Crippen LogP contribution is 2.36. The summed E-state index contributed by atoms with van der Waals surface area (Å²) < 4.78 is 1.16. The molecule has 108 valence electrons. The van der Waals surface area contributed by atoms with Gasteiger partial charge >= 0.3 is 0 Å². The van der Waals surface area contributed by atoms with Gasteiger partial charge in [0.1, 0.15) is 0 Å². The zero-order valence-corrected chi connectivity index (χ0v) is 13.3. The molecule has 0 atom stereocenters. The number of nitrogens with zero attached hydrogens (tertiary/aromatic N) is 1. The fraction of sp³-hybridized carbons (Fsp3) is 0.353. The third-order valence-corrected chi connectivity index (χ3v) is 5.53. The molecule has 0 radical (unpaired) electrons. The van der Waals surface area contributed by atoms with Crippen molar-refractivity contribution in [2.75, 3.05) is 5.32 Å². The van der Waals surface area contributed by atoms with Gasteiger partial charge in [-0.3, -0.25) is 0 Å². The van der Waals surface area contributed by atoms with Crippen LogP contribution >= 0.6 is 22.9 Å². The molecule has 1 N–H and O–H groups in total. The summed E-state index contributed by atoms with van der Waals surface area (Å²) >= 11 is 8.11. The Morgan fingerprint density at radius 3 is 2.67 bits per heavy atom. The summed E-state index contributed by atoms with van der Waals surface area (Å²) in [5.74, 6) is 0. The molecular weight excluding hydrogens is 300 g/mol. The summed E-state index contributed by atoms with van der Waals surface area (Å²) in [7, 11) is 0. The van der Waals surface area contributed by atoms with Crippen LogP contribution < -0.4 is 5.32 Å². The van der Waals surface area contributed by atoms with Crippen LogP contribution in [-0.4, -0.2) is 11.0 Å². The first kappa shape index (κ1) is 13.4. The fourth-order valence-electron chi connectivity index (χ4n) is 3.20. The average Bonchev–Trinajstić information content (AvgIpc) is 2.91. The van der Waals surface area contributed by atoms with E-state index in [1.165, 1.54) is 32.1 Å². The molecule has 0 amide bonds. The molecule has 2 nitrogen and oxygen atoms in total. The second kappa shape index (κ2) is 5.47. The number of hydrogen-bond acceptors (Lipinski definition) is 3. The molecule has 4 heteroatoms. The minimum atomic E-state index is 0.584. The molecule has 1 aromatic heterocycles. The molecule has 0 saturated heterocycles. The zero-order chi connectivity index (χ0) is 14.2. The summed E-state index contributed by atoms with van der Waals surface area (Å²) in [6.07, 6.45) is 6.56. The molecule has 0 spiro atoms. The van der Waals surface area contributed by atoms with Crippen LogP contribution in [0, 0.1) is 0 Å². The molecule has 0 unspecified atom stereocenters. The van der Waals surface area contributed by atoms with Crippen LogP contribution in [0.2, 0.25) is 5.02 Å². The van der Waals surface area contributed by atoms with Gasteiger partial charge in [-0.05, 0) is 18.9 Å². The number of nitrogens with one attached hydrogen (secondary N) is 1. The number of aromatic nitrogens is 1. The molecule has 1 saturated carbocycles. The van der Waals surface area contributed by atoms with Gasteiger partial charge < -0.3 is 5.32 Å². The maximum absolute atomic E-state index is 6.40. The van der Waals surface area contributed by atoms with E-state index in [0.29, 0.717) is 6.04 Å². The van der Waals surface area contributed by atoms with Crippen LogP contribution in [0.5, 0.6) is 0 Å². The lowest BCUT2D eigenvalue weighted by atomic mass is 9.96. The number of benzene rings is 2. The fourth-order valence-corrected chi connectivity index (χ4v) is 4.54. The average molecular weight is 317 g/mol. The van der Waals surface area contributed by atoms with Gasteiger partial charge in [0, 0.05) is 21.8 Å². The Hall–Kier alpha value is -1.32. The Morgan fingerprint density at radius 1 is 1.10 bits per heavy atom. The van der Waals surface area contributed by atoms with Gasteiger partial charge in [0.25, 0.3) is 0 Å². The highest BCUT2D eigenvalue weighted by atomic mass is 35.5. The van der Waals surface area contributed by atoms with Crippen molar-refractivity contribution in [1.29, 1.82) is 0 Å². The Balaban J connectivity index is 1.76. The van der Waals surface area contributed by atoms with Crippen molar-refractivity contribution in [3.05, 3.63) is 35.4 Å². The maximum Gasteiger partial charge on any atom is 0.184 e. The van der Waals surface area contributed by atoms with E-state index < -0.39 is 0 Å². The first-order valence-electron chi connectivity index (χ1n) is 7.55. The van der Waals surface area contributed by atoms with Crippen molar-refractivity contribution in [3.63, 3.8) is 0 Å². The Kier molecular flexibility index (Phi) is 3.48. The molecule has 1 aliphatic carbocycles. The van der Waals surface area contributed by atoms with Crippen LogP contribution in [0.3, 0.4) is 0 Å². The first-order chi connectivity index (χ1) is 10.3. The number of anilines is 1. The van der Waals surface area contributed by atoms with Crippen LogP contribution in [0.15, 0.2) is 30.3 Å². The summed E-state index contributed by atoms with van der Waals surface area (Å²) in [6.45, 7) is 0. The summed E-state index contributed by atoms with van der Waals surface area (Å²) in [6, 6.07) is 10.9. The number of rotatable bonds is 2. The standard InChI is InChI=1S/C17H17ClN2S/c18-14-10-15-16(13-9-5-4-8-12(13)14)20-17(21-15)19-11-6-2-1-3-7-11/h4-5,8-11H,1-3,6-7H2,(H,19,20). The van der Waals surface area contributed by atoms with Crippen molar-refractivity contribution in [1.82, 2.24) is 4.98 Å². The smallest absolute Gasteiger partial charge is 0.184 e. The molecule has 1 heterocycles. The lowest BCUT2D eigenvalue weighted by Crippen LogP contribution is -2.21. The van der Waals surface area contributed by atoms with Crippen molar-refractivity contribution in [2.24, 2.45) is 0 Å². The van der Waals surface area contributed by atoms with Crippen LogP contribution in [-0.2, 0) is 0 Å². The molecule has 3 aromatic rings. The Bertz CT molecular complexity index is 790. The second-order valence-corrected chi connectivity index (χ2v) is 7.19. The molecule has 0 bridgehead atoms. The van der Waals surface area contributed by atoms with Crippen LogP contribution in [0.1, 0.15) is 32.1 Å². The lowest BCUT2D eigenvalue weighted by Gasteiger charge is -2.22. The highest BCUT2D eigenvalue weighted by molar-refractivity contribution is 7.22. The number of thiazole rings is 1. The topological polar surface area (TPSA) is 24.9 Å². The second-order valence-electron chi connectivity index (χ2n) is 5.75. The van der Waals surface area contributed by atoms with E-state index in [-0.39, 0.29) is 0 Å². The van der Waals surface area contributed by atoms with Gasteiger partial charge in [0.15, 0.2) is 5.13 Å². The van der Waals surface area contributed by atoms with Crippen molar-refractivity contribution < 1.29 is 0 Å². The molecule has 4 rings (SSSR count). The van der Waals surface area contributed by atoms with E-state index in [4.69, 9.17) is 16.6 Å². The SMILES string of the molecule is Clc1cc2sc(NC3CCCCC3)nc2c2ccccc12. The maximum atomic E-state index is 6.40. The normalized spacial score (nSPS) is 16.6. The third-order valence-electron chi connectivity index (χ3n) is 4.28. The molecule has 1 aliphatic rings. The quantitative estimate of drug-likeness (QED) is 0.641. The van der Waals surface area contributed by atoms with Crippen molar-refractivity contribution in [3.8, 4) is 0 Å². The van der Waals surface area contributed by atoms with E-state index in [9.17, 15) is 0 Å². The van der Waals surface area contributed by atoms with Crippen LogP contribution in [0.25, 0.3) is 21.0 Å². The van der Waals surface area contributed by atoms with E-state index in [2.05, 4.69) is 17.4 Å².